The van der Waals surface area contributed by atoms with Crippen LogP contribution in [0, 0.1) is 6.92 Å². The number of rotatable bonds is 5. The monoisotopic (exact) mass is 343 g/mol. The predicted molar refractivity (Wildman–Crippen MR) is 106 cm³/mol. The Labute approximate surface area is 153 Å². The molecule has 4 aromatic rings. The van der Waals surface area contributed by atoms with Gasteiger partial charge in [0.15, 0.2) is 0 Å². The lowest BCUT2D eigenvalue weighted by Crippen LogP contribution is -2.03. The molecular formula is C22H21N3O. The highest BCUT2D eigenvalue weighted by molar-refractivity contribution is 5.77. The standard InChI is InChI=1S/C22H21N3O/c1-16-8-13-20-24-21(18-9-11-19(26-2)12-10-18)22(25(20)15-16)23-14-17-6-4-3-5-7-17/h3-13,15,23H,14H2,1-2H3. The molecular weight excluding hydrogens is 322 g/mol. The van der Waals surface area contributed by atoms with Crippen LogP contribution in [0.1, 0.15) is 11.1 Å². The zero-order valence-electron chi connectivity index (χ0n) is 14.9. The molecule has 0 saturated heterocycles. The molecule has 26 heavy (non-hydrogen) atoms. The largest absolute Gasteiger partial charge is 0.497 e. The summed E-state index contributed by atoms with van der Waals surface area (Å²) < 4.78 is 7.40. The SMILES string of the molecule is COc1ccc(-c2nc3ccc(C)cn3c2NCc2ccccc2)cc1. The van der Waals surface area contributed by atoms with Gasteiger partial charge in [0.05, 0.1) is 7.11 Å². The number of methoxy groups -OCH3 is 1. The van der Waals surface area contributed by atoms with Crippen molar-refractivity contribution >= 4 is 11.5 Å². The number of hydrogen-bond donors (Lipinski definition) is 1. The van der Waals surface area contributed by atoms with Crippen LogP contribution >= 0.6 is 0 Å². The number of fused-ring (bicyclic) bond motifs is 1. The van der Waals surface area contributed by atoms with E-state index in [4.69, 9.17) is 9.72 Å². The molecule has 0 atom stereocenters. The van der Waals surface area contributed by atoms with Gasteiger partial charge in [0.25, 0.3) is 0 Å². The van der Waals surface area contributed by atoms with Gasteiger partial charge >= 0.3 is 0 Å². The molecule has 0 aliphatic carbocycles. The van der Waals surface area contributed by atoms with Crippen molar-refractivity contribution in [3.63, 3.8) is 0 Å². The Bertz CT molecular complexity index is 1020. The lowest BCUT2D eigenvalue weighted by molar-refractivity contribution is 0.415. The predicted octanol–water partition coefficient (Wildman–Crippen LogP) is 4.93. The molecule has 0 radical (unpaired) electrons. The zero-order valence-corrected chi connectivity index (χ0v) is 14.9. The number of aromatic nitrogens is 2. The summed E-state index contributed by atoms with van der Waals surface area (Å²) in [5.41, 5.74) is 5.35. The van der Waals surface area contributed by atoms with Gasteiger partial charge in [-0.1, -0.05) is 36.4 Å². The number of nitrogens with zero attached hydrogens (tertiary/aromatic N) is 2. The number of aryl methyl sites for hydroxylation is 1. The second-order valence-electron chi connectivity index (χ2n) is 6.31. The second-order valence-corrected chi connectivity index (χ2v) is 6.31. The lowest BCUT2D eigenvalue weighted by Gasteiger charge is -2.10. The van der Waals surface area contributed by atoms with Crippen LogP contribution in [-0.2, 0) is 6.54 Å². The Morgan fingerprint density at radius 3 is 2.46 bits per heavy atom. The van der Waals surface area contributed by atoms with Crippen molar-refractivity contribution in [1.29, 1.82) is 0 Å². The Balaban J connectivity index is 1.77. The summed E-state index contributed by atoms with van der Waals surface area (Å²) >= 11 is 0. The maximum absolute atomic E-state index is 5.27. The fourth-order valence-electron chi connectivity index (χ4n) is 3.05. The van der Waals surface area contributed by atoms with E-state index in [2.05, 4.69) is 59.2 Å². The molecule has 0 unspecified atom stereocenters. The minimum absolute atomic E-state index is 0.742. The van der Waals surface area contributed by atoms with Crippen LogP contribution in [-0.4, -0.2) is 16.5 Å². The molecule has 1 N–H and O–H groups in total. The summed E-state index contributed by atoms with van der Waals surface area (Å²) in [4.78, 5) is 4.85. The van der Waals surface area contributed by atoms with Crippen molar-refractivity contribution in [2.75, 3.05) is 12.4 Å². The summed E-state index contributed by atoms with van der Waals surface area (Å²) in [6, 6.07) is 22.5. The van der Waals surface area contributed by atoms with E-state index in [9.17, 15) is 0 Å². The van der Waals surface area contributed by atoms with Gasteiger partial charge in [-0.15, -0.1) is 0 Å². The molecule has 0 aliphatic heterocycles. The normalized spacial score (nSPS) is 10.8. The Morgan fingerprint density at radius 1 is 0.962 bits per heavy atom. The van der Waals surface area contributed by atoms with Gasteiger partial charge < -0.3 is 10.1 Å². The Kier molecular flexibility index (Phi) is 4.32. The minimum Gasteiger partial charge on any atom is -0.497 e. The van der Waals surface area contributed by atoms with Crippen LogP contribution in [0.25, 0.3) is 16.9 Å². The van der Waals surface area contributed by atoms with Crippen molar-refractivity contribution in [1.82, 2.24) is 9.38 Å². The first-order valence-electron chi connectivity index (χ1n) is 8.65. The third-order valence-corrected chi connectivity index (χ3v) is 4.43. The highest BCUT2D eigenvalue weighted by Crippen LogP contribution is 2.30. The van der Waals surface area contributed by atoms with Crippen LogP contribution < -0.4 is 10.1 Å². The Morgan fingerprint density at radius 2 is 1.73 bits per heavy atom. The summed E-state index contributed by atoms with van der Waals surface area (Å²) in [5, 5.41) is 3.58. The van der Waals surface area contributed by atoms with Crippen molar-refractivity contribution < 1.29 is 4.74 Å². The molecule has 4 nitrogen and oxygen atoms in total. The average molecular weight is 343 g/mol. The number of pyridine rings is 1. The van der Waals surface area contributed by atoms with Crippen molar-refractivity contribution in [3.05, 3.63) is 84.1 Å². The zero-order chi connectivity index (χ0) is 17.9. The number of anilines is 1. The van der Waals surface area contributed by atoms with E-state index >= 15 is 0 Å². The maximum atomic E-state index is 5.27. The smallest absolute Gasteiger partial charge is 0.139 e. The van der Waals surface area contributed by atoms with Crippen LogP contribution in [0.2, 0.25) is 0 Å². The topological polar surface area (TPSA) is 38.6 Å². The third kappa shape index (κ3) is 3.14. The molecule has 0 fully saturated rings. The first kappa shape index (κ1) is 16.2. The minimum atomic E-state index is 0.742. The molecule has 4 heteroatoms. The molecule has 0 amide bonds. The van der Waals surface area contributed by atoms with E-state index in [1.807, 2.05) is 30.3 Å². The number of hydrogen-bond acceptors (Lipinski definition) is 3. The van der Waals surface area contributed by atoms with Crippen LogP contribution in [0.5, 0.6) is 5.75 Å². The van der Waals surface area contributed by atoms with E-state index in [1.165, 1.54) is 11.1 Å². The van der Waals surface area contributed by atoms with E-state index in [0.717, 1.165) is 35.0 Å². The number of ether oxygens (including phenoxy) is 1. The van der Waals surface area contributed by atoms with E-state index in [1.54, 1.807) is 7.11 Å². The van der Waals surface area contributed by atoms with E-state index < -0.39 is 0 Å². The summed E-state index contributed by atoms with van der Waals surface area (Å²) in [7, 11) is 1.68. The van der Waals surface area contributed by atoms with Crippen LogP contribution in [0.3, 0.4) is 0 Å². The molecule has 4 rings (SSSR count). The molecule has 0 saturated carbocycles. The molecule has 0 bridgehead atoms. The van der Waals surface area contributed by atoms with Gasteiger partial charge in [-0.2, -0.15) is 0 Å². The summed E-state index contributed by atoms with van der Waals surface area (Å²) in [6.07, 6.45) is 2.11. The van der Waals surface area contributed by atoms with Crippen LogP contribution in [0.4, 0.5) is 5.82 Å². The molecule has 2 heterocycles. The van der Waals surface area contributed by atoms with Gasteiger partial charge in [0, 0.05) is 18.3 Å². The first-order chi connectivity index (χ1) is 12.7. The van der Waals surface area contributed by atoms with E-state index in [0.29, 0.717) is 0 Å². The van der Waals surface area contributed by atoms with Crippen molar-refractivity contribution in [2.24, 2.45) is 0 Å². The average Bonchev–Trinajstić information content (AvgIpc) is 3.05. The lowest BCUT2D eigenvalue weighted by atomic mass is 10.1. The number of nitrogens with one attached hydrogen (secondary N) is 1. The summed E-state index contributed by atoms with van der Waals surface area (Å²) in [6.45, 7) is 2.83. The second kappa shape index (κ2) is 6.92. The fourth-order valence-corrected chi connectivity index (χ4v) is 3.05. The van der Waals surface area contributed by atoms with Gasteiger partial charge in [0.1, 0.15) is 22.9 Å². The Hall–Kier alpha value is -3.27. The summed E-state index contributed by atoms with van der Waals surface area (Å²) in [5.74, 6) is 1.84. The highest BCUT2D eigenvalue weighted by atomic mass is 16.5. The quantitative estimate of drug-likeness (QED) is 0.558. The molecule has 2 aromatic carbocycles. The maximum Gasteiger partial charge on any atom is 0.139 e. The van der Waals surface area contributed by atoms with Crippen LogP contribution in [0.15, 0.2) is 72.9 Å². The van der Waals surface area contributed by atoms with E-state index in [-0.39, 0.29) is 0 Å². The number of imidazole rings is 1. The van der Waals surface area contributed by atoms with Crippen molar-refractivity contribution in [3.8, 4) is 17.0 Å². The number of benzene rings is 2. The third-order valence-electron chi connectivity index (χ3n) is 4.43. The van der Waals surface area contributed by atoms with Crippen molar-refractivity contribution in [2.45, 2.75) is 13.5 Å². The van der Waals surface area contributed by atoms with Gasteiger partial charge in [-0.05, 0) is 48.4 Å². The molecule has 130 valence electrons. The molecule has 2 aromatic heterocycles. The van der Waals surface area contributed by atoms with Gasteiger partial charge in [-0.25, -0.2) is 4.98 Å². The van der Waals surface area contributed by atoms with Gasteiger partial charge in [0.2, 0.25) is 0 Å². The first-order valence-corrected chi connectivity index (χ1v) is 8.65. The highest BCUT2D eigenvalue weighted by Gasteiger charge is 2.14. The molecule has 0 aliphatic rings. The molecule has 0 spiro atoms. The fraction of sp³-hybridized carbons (Fsp3) is 0.136. The van der Waals surface area contributed by atoms with Gasteiger partial charge in [-0.3, -0.25) is 4.40 Å².